The molecule has 0 spiro atoms. The summed E-state index contributed by atoms with van der Waals surface area (Å²) >= 11 is 0. The zero-order chi connectivity index (χ0) is 17.7. The number of benzene rings is 1. The van der Waals surface area contributed by atoms with Crippen molar-refractivity contribution in [1.29, 1.82) is 0 Å². The first kappa shape index (κ1) is 18.4. The van der Waals surface area contributed by atoms with Crippen LogP contribution in [0.5, 0.6) is 0 Å². The second-order valence-electron chi connectivity index (χ2n) is 5.94. The van der Waals surface area contributed by atoms with Crippen LogP contribution >= 0.6 is 0 Å². The van der Waals surface area contributed by atoms with Crippen molar-refractivity contribution in [2.24, 2.45) is 5.92 Å². The summed E-state index contributed by atoms with van der Waals surface area (Å²) in [5.74, 6) is -2.10. The molecule has 0 bridgehead atoms. The van der Waals surface area contributed by atoms with E-state index in [2.05, 4.69) is 5.32 Å². The van der Waals surface area contributed by atoms with E-state index in [0.29, 0.717) is 18.7 Å². The lowest BCUT2D eigenvalue weighted by Crippen LogP contribution is -2.35. The lowest BCUT2D eigenvalue weighted by Gasteiger charge is -2.25. The van der Waals surface area contributed by atoms with Gasteiger partial charge in [0.05, 0.1) is 10.8 Å². The lowest BCUT2D eigenvalue weighted by atomic mass is 10.1. The number of amides is 1. The molecule has 2 N–H and O–H groups in total. The molecule has 0 aromatic heterocycles. The third kappa shape index (κ3) is 4.33. The fraction of sp³-hybridized carbons (Fsp3) is 0.500. The minimum Gasteiger partial charge on any atom is -0.481 e. The molecule has 1 aliphatic rings. The van der Waals surface area contributed by atoms with Crippen LogP contribution in [0.3, 0.4) is 0 Å². The molecule has 1 saturated heterocycles. The number of carbonyl (C=O) groups is 2. The van der Waals surface area contributed by atoms with Gasteiger partial charge in [0.2, 0.25) is 10.0 Å². The van der Waals surface area contributed by atoms with Gasteiger partial charge in [0.1, 0.15) is 0 Å². The Morgan fingerprint density at radius 1 is 1.17 bits per heavy atom. The summed E-state index contributed by atoms with van der Waals surface area (Å²) in [5, 5.41) is 11.3. The van der Waals surface area contributed by atoms with Crippen LogP contribution in [0.1, 0.15) is 36.5 Å². The van der Waals surface area contributed by atoms with Crippen molar-refractivity contribution in [3.05, 3.63) is 29.8 Å². The van der Waals surface area contributed by atoms with E-state index >= 15 is 0 Å². The predicted octanol–water partition coefficient (Wildman–Crippen LogP) is 1.31. The molecule has 1 atom stereocenters. The Morgan fingerprint density at radius 3 is 2.29 bits per heavy atom. The molecule has 2 rings (SSSR count). The van der Waals surface area contributed by atoms with Gasteiger partial charge in [-0.1, -0.05) is 13.3 Å². The van der Waals surface area contributed by atoms with Crippen molar-refractivity contribution in [2.75, 3.05) is 19.6 Å². The van der Waals surface area contributed by atoms with Crippen LogP contribution in [-0.2, 0) is 14.8 Å². The monoisotopic (exact) mass is 354 g/mol. The summed E-state index contributed by atoms with van der Waals surface area (Å²) in [6.45, 7) is 2.56. The summed E-state index contributed by atoms with van der Waals surface area (Å²) in [4.78, 5) is 22.9. The number of rotatable bonds is 6. The van der Waals surface area contributed by atoms with E-state index in [-0.39, 0.29) is 11.4 Å². The maximum atomic E-state index is 12.5. The fourth-order valence-corrected chi connectivity index (χ4v) is 3.98. The molecule has 1 aromatic carbocycles. The van der Waals surface area contributed by atoms with E-state index in [0.717, 1.165) is 19.3 Å². The van der Waals surface area contributed by atoms with Crippen molar-refractivity contribution in [2.45, 2.75) is 31.1 Å². The van der Waals surface area contributed by atoms with Crippen LogP contribution < -0.4 is 5.32 Å². The summed E-state index contributed by atoms with van der Waals surface area (Å²) in [5.41, 5.74) is 0.296. The molecule has 7 nitrogen and oxygen atoms in total. The molecule has 1 aromatic rings. The van der Waals surface area contributed by atoms with E-state index in [1.54, 1.807) is 0 Å². The average molecular weight is 354 g/mol. The number of carboxylic acids is 1. The zero-order valence-electron chi connectivity index (χ0n) is 13.6. The summed E-state index contributed by atoms with van der Waals surface area (Å²) < 4.78 is 26.5. The Labute approximate surface area is 141 Å². The van der Waals surface area contributed by atoms with Crippen LogP contribution in [0.4, 0.5) is 0 Å². The van der Waals surface area contributed by atoms with E-state index in [9.17, 15) is 18.0 Å². The predicted molar refractivity (Wildman–Crippen MR) is 88.2 cm³/mol. The van der Waals surface area contributed by atoms with Crippen molar-refractivity contribution in [3.8, 4) is 0 Å². The number of hydrogen-bond donors (Lipinski definition) is 2. The van der Waals surface area contributed by atoms with Crippen LogP contribution in [0.25, 0.3) is 0 Å². The van der Waals surface area contributed by atoms with E-state index in [4.69, 9.17) is 5.11 Å². The topological polar surface area (TPSA) is 104 Å². The molecular weight excluding hydrogens is 332 g/mol. The Kier molecular flexibility index (Phi) is 5.95. The number of aliphatic carboxylic acids is 1. The molecule has 1 fully saturated rings. The van der Waals surface area contributed by atoms with Gasteiger partial charge in [0.15, 0.2) is 0 Å². The normalized spacial score (nSPS) is 17.2. The minimum absolute atomic E-state index is 0.0159. The number of piperidine rings is 1. The lowest BCUT2D eigenvalue weighted by molar-refractivity contribution is -0.140. The van der Waals surface area contributed by atoms with Crippen molar-refractivity contribution < 1.29 is 23.1 Å². The Hall–Kier alpha value is -1.93. The molecular formula is C16H22N2O5S. The van der Waals surface area contributed by atoms with Gasteiger partial charge in [-0.25, -0.2) is 8.42 Å². The standard InChI is InChI=1S/C16H22N2O5S/c1-12(16(20)21)11-17-15(19)13-5-7-14(8-6-13)24(22,23)18-9-3-2-4-10-18/h5-8,12H,2-4,9-11H2,1H3,(H,17,19)(H,20,21). The number of carboxylic acid groups (broad SMARTS) is 1. The highest BCUT2D eigenvalue weighted by atomic mass is 32.2. The maximum absolute atomic E-state index is 12.5. The number of hydrogen-bond acceptors (Lipinski definition) is 4. The van der Waals surface area contributed by atoms with Crippen LogP contribution in [0.2, 0.25) is 0 Å². The molecule has 1 aliphatic heterocycles. The Morgan fingerprint density at radius 2 is 1.75 bits per heavy atom. The highest BCUT2D eigenvalue weighted by Gasteiger charge is 2.26. The number of nitrogens with zero attached hydrogens (tertiary/aromatic N) is 1. The molecule has 1 unspecified atom stereocenters. The summed E-state index contributed by atoms with van der Waals surface area (Å²) in [7, 11) is -3.52. The van der Waals surface area contributed by atoms with Crippen molar-refractivity contribution in [1.82, 2.24) is 9.62 Å². The van der Waals surface area contributed by atoms with Gasteiger partial charge >= 0.3 is 5.97 Å². The molecule has 1 heterocycles. The van der Waals surface area contributed by atoms with E-state index < -0.39 is 27.8 Å². The van der Waals surface area contributed by atoms with Gasteiger partial charge in [0, 0.05) is 25.2 Å². The van der Waals surface area contributed by atoms with E-state index in [1.807, 2.05) is 0 Å². The van der Waals surface area contributed by atoms with Gasteiger partial charge in [0.25, 0.3) is 5.91 Å². The van der Waals surface area contributed by atoms with Crippen molar-refractivity contribution >= 4 is 21.9 Å². The highest BCUT2D eigenvalue weighted by Crippen LogP contribution is 2.20. The SMILES string of the molecule is CC(CNC(=O)c1ccc(S(=O)(=O)N2CCCCC2)cc1)C(=O)O. The van der Waals surface area contributed by atoms with Gasteiger partial charge in [-0.05, 0) is 37.1 Å². The molecule has 0 aliphatic carbocycles. The first-order valence-electron chi connectivity index (χ1n) is 7.93. The molecule has 0 saturated carbocycles. The highest BCUT2D eigenvalue weighted by molar-refractivity contribution is 7.89. The molecule has 24 heavy (non-hydrogen) atoms. The van der Waals surface area contributed by atoms with Crippen LogP contribution in [-0.4, -0.2) is 49.3 Å². The maximum Gasteiger partial charge on any atom is 0.308 e. The first-order chi connectivity index (χ1) is 11.3. The zero-order valence-corrected chi connectivity index (χ0v) is 14.4. The quantitative estimate of drug-likeness (QED) is 0.802. The van der Waals surface area contributed by atoms with Crippen molar-refractivity contribution in [3.63, 3.8) is 0 Å². The average Bonchev–Trinajstić information content (AvgIpc) is 2.60. The Bertz CT molecular complexity index is 694. The Balaban J connectivity index is 2.04. The van der Waals surface area contributed by atoms with Crippen LogP contribution in [0, 0.1) is 5.92 Å². The van der Waals surface area contributed by atoms with Crippen LogP contribution in [0.15, 0.2) is 29.2 Å². The number of sulfonamides is 1. The third-order valence-corrected chi connectivity index (χ3v) is 5.97. The smallest absolute Gasteiger partial charge is 0.308 e. The van der Waals surface area contributed by atoms with Gasteiger partial charge < -0.3 is 10.4 Å². The third-order valence-electron chi connectivity index (χ3n) is 4.06. The number of nitrogens with one attached hydrogen (secondary N) is 1. The van der Waals surface area contributed by atoms with Gasteiger partial charge in [-0.15, -0.1) is 0 Å². The fourth-order valence-electron chi connectivity index (χ4n) is 2.47. The van der Waals surface area contributed by atoms with E-state index in [1.165, 1.54) is 35.5 Å². The molecule has 132 valence electrons. The second-order valence-corrected chi connectivity index (χ2v) is 7.88. The van der Waals surface area contributed by atoms with Gasteiger partial charge in [-0.3, -0.25) is 9.59 Å². The molecule has 1 amide bonds. The minimum atomic E-state index is -3.52. The molecule has 0 radical (unpaired) electrons. The molecule has 8 heteroatoms. The summed E-state index contributed by atoms with van der Waals surface area (Å²) in [6, 6.07) is 5.72. The largest absolute Gasteiger partial charge is 0.481 e. The van der Waals surface area contributed by atoms with Gasteiger partial charge in [-0.2, -0.15) is 4.31 Å². The second kappa shape index (κ2) is 7.76. The number of carbonyl (C=O) groups excluding carboxylic acids is 1. The summed E-state index contributed by atoms with van der Waals surface area (Å²) in [6.07, 6.45) is 2.77. The first-order valence-corrected chi connectivity index (χ1v) is 9.37.